The van der Waals surface area contributed by atoms with Gasteiger partial charge in [-0.05, 0) is 74.6 Å². The summed E-state index contributed by atoms with van der Waals surface area (Å²) in [6.07, 6.45) is -2.47. The number of ether oxygens (including phenoxy) is 5. The molecule has 2 N–H and O–H groups in total. The van der Waals surface area contributed by atoms with Crippen molar-refractivity contribution in [2.24, 2.45) is 11.8 Å². The first-order valence-electron chi connectivity index (χ1n) is 16.5. The third kappa shape index (κ3) is 10.9. The molecule has 1 unspecified atom stereocenters. The van der Waals surface area contributed by atoms with Crippen LogP contribution >= 0.6 is 7.60 Å². The maximum atomic E-state index is 13.8. The van der Waals surface area contributed by atoms with Crippen LogP contribution in [0.4, 0.5) is 4.79 Å². The smallest absolute Gasteiger partial charge is 0.407 e. The SMILES string of the molecule is CCOP(=O)(COc1ccc(CC(NC(=O)O[C@H]2CO[C@H]3OCC[C@H]32)[C@H](O)CN(CC(C)C)S(=O)(=O)c2ccc(OC)cc2)cc1)OCC. The van der Waals surface area contributed by atoms with Gasteiger partial charge < -0.3 is 43.2 Å². The minimum atomic E-state index is -4.03. The van der Waals surface area contributed by atoms with Crippen LogP contribution < -0.4 is 14.8 Å². The number of aliphatic hydroxyl groups excluding tert-OH is 1. The van der Waals surface area contributed by atoms with E-state index in [-0.39, 0.29) is 62.4 Å². The molecule has 2 aromatic rings. The van der Waals surface area contributed by atoms with Gasteiger partial charge in [-0.1, -0.05) is 26.0 Å². The first-order chi connectivity index (χ1) is 23.4. The topological polar surface area (TPSA) is 168 Å². The Hall–Kier alpha value is -2.75. The number of rotatable bonds is 19. The molecule has 0 aliphatic carbocycles. The van der Waals surface area contributed by atoms with Crippen molar-refractivity contribution in [3.63, 3.8) is 0 Å². The van der Waals surface area contributed by atoms with E-state index in [0.29, 0.717) is 30.1 Å². The maximum Gasteiger partial charge on any atom is 0.407 e. The van der Waals surface area contributed by atoms with E-state index < -0.39 is 48.3 Å². The Morgan fingerprint density at radius 1 is 1.02 bits per heavy atom. The summed E-state index contributed by atoms with van der Waals surface area (Å²) >= 11 is 0. The average molecular weight is 729 g/mol. The minimum Gasteiger partial charge on any atom is -0.497 e. The lowest BCUT2D eigenvalue weighted by Gasteiger charge is -2.31. The van der Waals surface area contributed by atoms with E-state index in [1.165, 1.54) is 23.5 Å². The number of nitrogens with one attached hydrogen (secondary N) is 1. The van der Waals surface area contributed by atoms with Crippen molar-refractivity contribution in [1.29, 1.82) is 0 Å². The number of benzene rings is 2. The fourth-order valence-electron chi connectivity index (χ4n) is 5.70. The van der Waals surface area contributed by atoms with Crippen molar-refractivity contribution in [1.82, 2.24) is 9.62 Å². The van der Waals surface area contributed by atoms with Crippen LogP contribution in [-0.4, -0.2) is 101 Å². The second-order valence-electron chi connectivity index (χ2n) is 12.2. The molecule has 2 aliphatic heterocycles. The first-order valence-corrected chi connectivity index (χ1v) is 19.7. The molecule has 2 aromatic carbocycles. The van der Waals surface area contributed by atoms with Gasteiger partial charge in [-0.2, -0.15) is 4.31 Å². The van der Waals surface area contributed by atoms with Crippen LogP contribution in [0, 0.1) is 11.8 Å². The van der Waals surface area contributed by atoms with E-state index >= 15 is 0 Å². The van der Waals surface area contributed by atoms with E-state index in [9.17, 15) is 22.9 Å². The number of aliphatic hydroxyl groups is 1. The van der Waals surface area contributed by atoms with Gasteiger partial charge in [-0.15, -0.1) is 0 Å². The van der Waals surface area contributed by atoms with Gasteiger partial charge in [0.05, 0.1) is 56.5 Å². The Balaban J connectivity index is 1.52. The van der Waals surface area contributed by atoms with Crippen LogP contribution in [0.15, 0.2) is 53.4 Å². The summed E-state index contributed by atoms with van der Waals surface area (Å²) in [5.41, 5.74) is 0.705. The minimum absolute atomic E-state index is 0.0495. The zero-order valence-electron chi connectivity index (χ0n) is 28.7. The molecular weight excluding hydrogens is 679 g/mol. The summed E-state index contributed by atoms with van der Waals surface area (Å²) in [4.78, 5) is 13.3. The van der Waals surface area contributed by atoms with E-state index in [1.54, 1.807) is 50.2 Å². The summed E-state index contributed by atoms with van der Waals surface area (Å²) in [5.74, 6) is 0.776. The molecule has 0 radical (unpaired) electrons. The Morgan fingerprint density at radius 2 is 1.67 bits per heavy atom. The van der Waals surface area contributed by atoms with Crippen LogP contribution in [-0.2, 0) is 44.3 Å². The summed E-state index contributed by atoms with van der Waals surface area (Å²) < 4.78 is 79.8. The summed E-state index contributed by atoms with van der Waals surface area (Å²) in [5, 5.41) is 14.4. The molecule has 2 saturated heterocycles. The van der Waals surface area contributed by atoms with Crippen molar-refractivity contribution >= 4 is 23.7 Å². The van der Waals surface area contributed by atoms with E-state index in [0.717, 1.165) is 0 Å². The van der Waals surface area contributed by atoms with E-state index in [4.69, 9.17) is 32.7 Å². The fourth-order valence-corrected chi connectivity index (χ4v) is 8.64. The molecule has 49 heavy (non-hydrogen) atoms. The Bertz CT molecular complexity index is 1480. The van der Waals surface area contributed by atoms with Gasteiger partial charge in [0.1, 0.15) is 17.6 Å². The molecule has 0 saturated carbocycles. The van der Waals surface area contributed by atoms with Crippen LogP contribution in [0.1, 0.15) is 39.7 Å². The van der Waals surface area contributed by atoms with Gasteiger partial charge in [0.2, 0.25) is 10.0 Å². The van der Waals surface area contributed by atoms with Crippen LogP contribution in [0.25, 0.3) is 0 Å². The number of carbonyl (C=O) groups is 1. The highest BCUT2D eigenvalue weighted by Gasteiger charge is 2.44. The summed E-state index contributed by atoms with van der Waals surface area (Å²) in [6.45, 7) is 8.14. The zero-order chi connectivity index (χ0) is 35.6. The van der Waals surface area contributed by atoms with Gasteiger partial charge >= 0.3 is 13.7 Å². The van der Waals surface area contributed by atoms with Gasteiger partial charge in [0.15, 0.2) is 12.6 Å². The van der Waals surface area contributed by atoms with Crippen molar-refractivity contribution in [3.05, 3.63) is 54.1 Å². The molecule has 0 aromatic heterocycles. The van der Waals surface area contributed by atoms with Crippen molar-refractivity contribution in [2.75, 3.05) is 53.0 Å². The zero-order valence-corrected chi connectivity index (χ0v) is 30.4. The molecule has 274 valence electrons. The lowest BCUT2D eigenvalue weighted by Crippen LogP contribution is -2.51. The number of carbonyl (C=O) groups excluding carboxylic acids is 1. The highest BCUT2D eigenvalue weighted by molar-refractivity contribution is 7.89. The number of hydrogen-bond donors (Lipinski definition) is 2. The average Bonchev–Trinajstić information content (AvgIpc) is 3.69. The van der Waals surface area contributed by atoms with E-state index in [1.807, 2.05) is 13.8 Å². The lowest BCUT2D eigenvalue weighted by molar-refractivity contribution is -0.0907. The molecule has 0 bridgehead atoms. The first kappa shape index (κ1) is 39.0. The Kier molecular flexibility index (Phi) is 14.3. The highest BCUT2D eigenvalue weighted by atomic mass is 32.2. The number of alkyl carbamates (subject to hydrolysis) is 1. The number of sulfonamides is 1. The predicted molar refractivity (Wildman–Crippen MR) is 180 cm³/mol. The molecule has 16 heteroatoms. The molecule has 14 nitrogen and oxygen atoms in total. The molecule has 2 heterocycles. The van der Waals surface area contributed by atoms with Crippen molar-refractivity contribution < 1.29 is 55.6 Å². The third-order valence-electron chi connectivity index (χ3n) is 8.09. The van der Waals surface area contributed by atoms with Gasteiger partial charge in [0.25, 0.3) is 0 Å². The summed E-state index contributed by atoms with van der Waals surface area (Å²) in [6, 6.07) is 11.9. The molecule has 4 rings (SSSR count). The van der Waals surface area contributed by atoms with E-state index in [2.05, 4.69) is 5.32 Å². The number of methoxy groups -OCH3 is 1. The van der Waals surface area contributed by atoms with Gasteiger partial charge in [-0.25, -0.2) is 13.2 Å². The van der Waals surface area contributed by atoms with Crippen LogP contribution in [0.5, 0.6) is 11.5 Å². The molecule has 1 amide bonds. The number of nitrogens with zero attached hydrogens (tertiary/aromatic N) is 1. The molecular formula is C33H49N2O12PS. The molecule has 2 aliphatic rings. The fraction of sp³-hybridized carbons (Fsp3) is 0.606. The second-order valence-corrected chi connectivity index (χ2v) is 16.2. The maximum absolute atomic E-state index is 13.8. The third-order valence-corrected chi connectivity index (χ3v) is 11.7. The second kappa shape index (κ2) is 18.0. The lowest BCUT2D eigenvalue weighted by atomic mass is 10.0. The number of fused-ring (bicyclic) bond motifs is 1. The number of hydrogen-bond acceptors (Lipinski definition) is 12. The van der Waals surface area contributed by atoms with Crippen LogP contribution in [0.2, 0.25) is 0 Å². The van der Waals surface area contributed by atoms with Crippen molar-refractivity contribution in [2.45, 2.75) is 70.0 Å². The molecule has 2 fully saturated rings. The highest BCUT2D eigenvalue weighted by Crippen LogP contribution is 2.47. The Morgan fingerprint density at radius 3 is 2.29 bits per heavy atom. The number of amides is 1. The van der Waals surface area contributed by atoms with Gasteiger partial charge in [0, 0.05) is 13.1 Å². The molecule has 0 spiro atoms. The molecule has 5 atom stereocenters. The van der Waals surface area contributed by atoms with Gasteiger partial charge in [-0.3, -0.25) is 4.57 Å². The normalized spacial score (nSPS) is 20.6. The Labute approximate surface area is 288 Å². The predicted octanol–water partition coefficient (Wildman–Crippen LogP) is 4.40. The summed E-state index contributed by atoms with van der Waals surface area (Å²) in [7, 11) is -5.96. The quantitative estimate of drug-likeness (QED) is 0.196. The van der Waals surface area contributed by atoms with Crippen LogP contribution in [0.3, 0.4) is 0 Å². The standard InChI is InChI=1S/C33H49N2O12PS/c1-6-45-48(38,46-7-2)22-44-26-10-8-24(9-11-26)18-29(34-33(37)47-31-21-43-32-28(31)16-17-42-32)30(36)20-35(19-23(3)4)49(39,40)27-14-12-25(41-5)13-15-27/h8-15,23,28-32,36H,6-7,16-22H2,1-5H3,(H,34,37)/t28-,29?,30+,31-,32+/m0/s1. The monoisotopic (exact) mass is 728 g/mol. The largest absolute Gasteiger partial charge is 0.497 e. The van der Waals surface area contributed by atoms with Crippen molar-refractivity contribution in [3.8, 4) is 11.5 Å².